The maximum Gasteiger partial charge on any atom is 0.0998 e. The molecule has 0 aliphatic heterocycles. The predicted molar refractivity (Wildman–Crippen MR) is 81.1 cm³/mol. The third-order valence-electron chi connectivity index (χ3n) is 2.71. The molecule has 0 saturated carbocycles. The number of nitriles is 2. The van der Waals surface area contributed by atoms with E-state index in [1.165, 1.54) is 0 Å². The van der Waals surface area contributed by atoms with Crippen LogP contribution in [0.3, 0.4) is 0 Å². The summed E-state index contributed by atoms with van der Waals surface area (Å²) in [6.07, 6.45) is 1.69. The van der Waals surface area contributed by atoms with Gasteiger partial charge in [0.05, 0.1) is 23.3 Å². The molecule has 0 bridgehead atoms. The smallest absolute Gasteiger partial charge is 0.0998 e. The maximum atomic E-state index is 9.26. The Hall–Kier alpha value is -2.26. The van der Waals surface area contributed by atoms with Crippen molar-refractivity contribution in [1.82, 2.24) is 0 Å². The Kier molecular flexibility index (Phi) is 4.43. The third-order valence-corrected chi connectivity index (χ3v) is 3.27. The first-order chi connectivity index (χ1) is 9.63. The molecule has 2 aromatic carbocycles. The van der Waals surface area contributed by atoms with Crippen molar-refractivity contribution in [2.24, 2.45) is 0 Å². The van der Waals surface area contributed by atoms with Crippen molar-refractivity contribution in [3.63, 3.8) is 0 Å². The molecule has 96 valence electrons. The third kappa shape index (κ3) is 3.19. The second-order valence-electron chi connectivity index (χ2n) is 4.02. The highest BCUT2D eigenvalue weighted by atomic mass is 35.5. The fourth-order valence-electron chi connectivity index (χ4n) is 1.68. The summed E-state index contributed by atoms with van der Waals surface area (Å²) >= 11 is 11.9. The van der Waals surface area contributed by atoms with E-state index in [2.05, 4.69) is 6.07 Å². The van der Waals surface area contributed by atoms with Crippen molar-refractivity contribution in [2.45, 2.75) is 0 Å². The summed E-state index contributed by atoms with van der Waals surface area (Å²) in [6.45, 7) is 0. The van der Waals surface area contributed by atoms with Gasteiger partial charge in [-0.3, -0.25) is 0 Å². The Balaban J connectivity index is 2.43. The van der Waals surface area contributed by atoms with Gasteiger partial charge in [0.25, 0.3) is 0 Å². The van der Waals surface area contributed by atoms with Crippen LogP contribution in [0.25, 0.3) is 11.6 Å². The van der Waals surface area contributed by atoms with Crippen molar-refractivity contribution in [1.29, 1.82) is 10.5 Å². The van der Waals surface area contributed by atoms with E-state index in [1.807, 2.05) is 6.07 Å². The normalized spacial score (nSPS) is 10.7. The molecule has 0 N–H and O–H groups in total. The molecule has 0 aromatic heterocycles. The fraction of sp³-hybridized carbons (Fsp3) is 0. The lowest BCUT2D eigenvalue weighted by atomic mass is 10.0. The predicted octanol–water partition coefficient (Wildman–Crippen LogP) is 4.93. The summed E-state index contributed by atoms with van der Waals surface area (Å²) in [7, 11) is 0. The van der Waals surface area contributed by atoms with Gasteiger partial charge in [-0.1, -0.05) is 41.4 Å². The number of rotatable bonds is 2. The zero-order valence-corrected chi connectivity index (χ0v) is 11.8. The van der Waals surface area contributed by atoms with Crippen LogP contribution in [-0.2, 0) is 0 Å². The van der Waals surface area contributed by atoms with Gasteiger partial charge in [0, 0.05) is 10.0 Å². The standard InChI is InChI=1S/C16H8Cl2N2/c17-15-6-5-13(16(18)8-15)7-14(10-20)12-3-1-11(9-19)2-4-12/h1-8H. The van der Waals surface area contributed by atoms with Crippen LogP contribution in [0.15, 0.2) is 42.5 Å². The summed E-state index contributed by atoms with van der Waals surface area (Å²) in [5.41, 5.74) is 2.48. The second kappa shape index (κ2) is 6.26. The van der Waals surface area contributed by atoms with Crippen LogP contribution in [0.1, 0.15) is 16.7 Å². The quantitative estimate of drug-likeness (QED) is 0.583. The van der Waals surface area contributed by atoms with E-state index >= 15 is 0 Å². The first kappa shape index (κ1) is 14.2. The second-order valence-corrected chi connectivity index (χ2v) is 4.87. The van der Waals surface area contributed by atoms with E-state index in [1.54, 1.807) is 48.5 Å². The van der Waals surface area contributed by atoms with Gasteiger partial charge in [0.15, 0.2) is 0 Å². The van der Waals surface area contributed by atoms with Crippen LogP contribution in [0.5, 0.6) is 0 Å². The van der Waals surface area contributed by atoms with Crippen LogP contribution in [0, 0.1) is 22.7 Å². The Morgan fingerprint density at radius 3 is 2.25 bits per heavy atom. The van der Waals surface area contributed by atoms with E-state index in [-0.39, 0.29) is 0 Å². The molecule has 0 aliphatic carbocycles. The Bertz CT molecular complexity index is 748. The molecule has 4 heteroatoms. The highest BCUT2D eigenvalue weighted by Gasteiger charge is 2.04. The molecule has 0 aliphatic rings. The summed E-state index contributed by atoms with van der Waals surface area (Å²) in [4.78, 5) is 0. The number of nitrogens with zero attached hydrogens (tertiary/aromatic N) is 2. The Morgan fingerprint density at radius 2 is 1.70 bits per heavy atom. The van der Waals surface area contributed by atoms with Crippen LogP contribution >= 0.6 is 23.2 Å². The molecular weight excluding hydrogens is 291 g/mol. The van der Waals surface area contributed by atoms with Crippen LogP contribution in [-0.4, -0.2) is 0 Å². The lowest BCUT2D eigenvalue weighted by Gasteiger charge is -2.02. The molecule has 0 amide bonds. The van der Waals surface area contributed by atoms with Crippen molar-refractivity contribution in [3.8, 4) is 12.1 Å². The molecule has 0 saturated heterocycles. The average molecular weight is 299 g/mol. The van der Waals surface area contributed by atoms with E-state index in [9.17, 15) is 5.26 Å². The molecular formula is C16H8Cl2N2. The average Bonchev–Trinajstić information content (AvgIpc) is 2.47. The molecule has 2 aromatic rings. The van der Waals surface area contributed by atoms with Crippen molar-refractivity contribution >= 4 is 34.9 Å². The van der Waals surface area contributed by atoms with Gasteiger partial charge >= 0.3 is 0 Å². The lowest BCUT2D eigenvalue weighted by Crippen LogP contribution is -1.84. The molecule has 0 spiro atoms. The summed E-state index contributed by atoms with van der Waals surface area (Å²) < 4.78 is 0. The van der Waals surface area contributed by atoms with Crippen LogP contribution in [0.4, 0.5) is 0 Å². The highest BCUT2D eigenvalue weighted by Crippen LogP contribution is 2.25. The van der Waals surface area contributed by atoms with Crippen molar-refractivity contribution < 1.29 is 0 Å². The van der Waals surface area contributed by atoms with Gasteiger partial charge in [0.1, 0.15) is 0 Å². The monoisotopic (exact) mass is 298 g/mol. The zero-order valence-electron chi connectivity index (χ0n) is 10.3. The van der Waals surface area contributed by atoms with Crippen molar-refractivity contribution in [2.75, 3.05) is 0 Å². The summed E-state index contributed by atoms with van der Waals surface area (Å²) in [6, 6.07) is 16.1. The summed E-state index contributed by atoms with van der Waals surface area (Å²) in [5.74, 6) is 0. The number of hydrogen-bond acceptors (Lipinski definition) is 2. The molecule has 0 atom stereocenters. The van der Waals surface area contributed by atoms with Gasteiger partial charge in [-0.15, -0.1) is 0 Å². The number of allylic oxidation sites excluding steroid dienone is 1. The molecule has 0 heterocycles. The van der Waals surface area contributed by atoms with Gasteiger partial charge in [-0.2, -0.15) is 10.5 Å². The SMILES string of the molecule is N#CC(=Cc1ccc(Cl)cc1Cl)c1ccc(C#N)cc1. The molecule has 0 fully saturated rings. The minimum absolute atomic E-state index is 0.471. The fourth-order valence-corrected chi connectivity index (χ4v) is 2.14. The van der Waals surface area contributed by atoms with E-state index < -0.39 is 0 Å². The van der Waals surface area contributed by atoms with E-state index in [4.69, 9.17) is 28.5 Å². The molecule has 2 nitrogen and oxygen atoms in total. The number of benzene rings is 2. The number of halogens is 2. The first-order valence-corrected chi connectivity index (χ1v) is 6.47. The minimum Gasteiger partial charge on any atom is -0.192 e. The largest absolute Gasteiger partial charge is 0.192 e. The van der Waals surface area contributed by atoms with Gasteiger partial charge in [-0.25, -0.2) is 0 Å². The topological polar surface area (TPSA) is 47.6 Å². The van der Waals surface area contributed by atoms with Crippen molar-refractivity contribution in [3.05, 3.63) is 69.2 Å². The Morgan fingerprint density at radius 1 is 1.00 bits per heavy atom. The molecule has 0 radical (unpaired) electrons. The van der Waals surface area contributed by atoms with Gasteiger partial charge < -0.3 is 0 Å². The van der Waals surface area contributed by atoms with E-state index in [0.29, 0.717) is 21.2 Å². The van der Waals surface area contributed by atoms with Gasteiger partial charge in [0.2, 0.25) is 0 Å². The molecule has 2 rings (SSSR count). The van der Waals surface area contributed by atoms with E-state index in [0.717, 1.165) is 11.1 Å². The highest BCUT2D eigenvalue weighted by molar-refractivity contribution is 6.35. The number of hydrogen-bond donors (Lipinski definition) is 0. The Labute approximate surface area is 127 Å². The molecule has 0 unspecified atom stereocenters. The lowest BCUT2D eigenvalue weighted by molar-refractivity contribution is 1.47. The van der Waals surface area contributed by atoms with Crippen LogP contribution < -0.4 is 0 Å². The van der Waals surface area contributed by atoms with Crippen LogP contribution in [0.2, 0.25) is 10.0 Å². The zero-order chi connectivity index (χ0) is 14.5. The maximum absolute atomic E-state index is 9.26. The van der Waals surface area contributed by atoms with Gasteiger partial charge in [-0.05, 0) is 41.5 Å². The summed E-state index contributed by atoms with van der Waals surface area (Å²) in [5, 5.41) is 19.1. The molecule has 20 heavy (non-hydrogen) atoms. The minimum atomic E-state index is 0.471. The first-order valence-electron chi connectivity index (χ1n) is 5.71.